The number of carboxylic acid groups (broad SMARTS) is 1. The van der Waals surface area contributed by atoms with E-state index in [1.807, 2.05) is 10.6 Å². The van der Waals surface area contributed by atoms with Gasteiger partial charge in [-0.15, -0.1) is 0 Å². The summed E-state index contributed by atoms with van der Waals surface area (Å²) in [5.41, 5.74) is 22.8. The van der Waals surface area contributed by atoms with Gasteiger partial charge in [-0.05, 0) is 67.2 Å². The molecule has 2 aromatic rings. The Morgan fingerprint density at radius 1 is 0.632 bits per heavy atom. The molecule has 0 saturated heterocycles. The lowest BCUT2D eigenvalue weighted by Gasteiger charge is -2.30. The quantitative estimate of drug-likeness (QED) is 0.0171. The molecule has 0 fully saturated rings. The van der Waals surface area contributed by atoms with Crippen LogP contribution in [0.2, 0.25) is 0 Å². The normalized spacial score (nSPS) is 15.6. The zero-order valence-electron chi connectivity index (χ0n) is 49.8. The Morgan fingerprint density at radius 2 is 1.20 bits per heavy atom. The summed E-state index contributed by atoms with van der Waals surface area (Å²) in [5.74, 6) is -13.4. The first kappa shape index (κ1) is 74.4. The van der Waals surface area contributed by atoms with E-state index in [9.17, 15) is 78.3 Å². The maximum Gasteiger partial charge on any atom is 0.408 e. The fourth-order valence-electron chi connectivity index (χ4n) is 8.20. The van der Waals surface area contributed by atoms with Crippen LogP contribution in [0.1, 0.15) is 91.3 Å². The van der Waals surface area contributed by atoms with Crippen molar-refractivity contribution in [1.82, 2.24) is 47.9 Å². The molecule has 0 spiro atoms. The van der Waals surface area contributed by atoms with E-state index < -0.39 is 163 Å². The maximum atomic E-state index is 14.1. The van der Waals surface area contributed by atoms with Gasteiger partial charge in [-0.25, -0.2) is 9.59 Å². The predicted octanol–water partition coefficient (Wildman–Crippen LogP) is -5.03. The van der Waals surface area contributed by atoms with Gasteiger partial charge < -0.3 is 106 Å². The van der Waals surface area contributed by atoms with E-state index in [1.165, 1.54) is 31.4 Å². The summed E-state index contributed by atoms with van der Waals surface area (Å²) in [6, 6.07) is -1.54. The van der Waals surface area contributed by atoms with Gasteiger partial charge in [0.2, 0.25) is 53.2 Å². The zero-order chi connectivity index (χ0) is 65.8. The third-order valence-corrected chi connectivity index (χ3v) is 13.4. The van der Waals surface area contributed by atoms with Gasteiger partial charge in [-0.1, -0.05) is 90.4 Å². The number of rotatable bonds is 37. The van der Waals surface area contributed by atoms with Crippen molar-refractivity contribution in [2.45, 2.75) is 153 Å². The first-order valence-electron chi connectivity index (χ1n) is 27.9. The van der Waals surface area contributed by atoms with Crippen molar-refractivity contribution in [2.75, 3.05) is 26.8 Å². The van der Waals surface area contributed by atoms with Crippen LogP contribution in [0.15, 0.2) is 59.6 Å². The molecule has 0 radical (unpaired) electrons. The number of hydrogen-bond donors (Lipinski definition) is 18. The highest BCUT2D eigenvalue weighted by Crippen LogP contribution is 2.22. The van der Waals surface area contributed by atoms with Crippen LogP contribution >= 0.6 is 0 Å². The number of aliphatic imine (C=N–C) groups is 1. The van der Waals surface area contributed by atoms with Crippen molar-refractivity contribution < 1.29 is 87.7 Å². The molecular weight excluding hydrogens is 1140 g/mol. The van der Waals surface area contributed by atoms with Crippen molar-refractivity contribution in [3.63, 3.8) is 0 Å². The van der Waals surface area contributed by atoms with Gasteiger partial charge in [-0.3, -0.25) is 48.1 Å². The number of carbonyl (C=O) groups is 11. The maximum absolute atomic E-state index is 14.1. The molecular formula is C55H86N14O18. The number of amides is 10. The Hall–Kier alpha value is -8.72. The number of primary amides is 1. The first-order valence-corrected chi connectivity index (χ1v) is 27.9. The number of hydrogen-bond acceptors (Lipinski definition) is 19. The van der Waals surface area contributed by atoms with Crippen molar-refractivity contribution in [2.24, 2.45) is 45.7 Å². The number of aliphatic hydroxyl groups excluding tert-OH is 4. The highest BCUT2D eigenvalue weighted by molar-refractivity contribution is 5.99. The number of aliphatic hydroxyl groups is 4. The van der Waals surface area contributed by atoms with Gasteiger partial charge in [-0.2, -0.15) is 0 Å². The summed E-state index contributed by atoms with van der Waals surface area (Å²) in [6.45, 7) is 8.62. The Balaban J connectivity index is 2.34. The van der Waals surface area contributed by atoms with E-state index in [2.05, 4.69) is 42.2 Å². The third-order valence-electron chi connectivity index (χ3n) is 13.4. The van der Waals surface area contributed by atoms with Gasteiger partial charge >= 0.3 is 12.1 Å². The topological polar surface area (TPSA) is 532 Å². The molecule has 2 aromatic carbocycles. The lowest BCUT2D eigenvalue weighted by atomic mass is 9.96. The van der Waals surface area contributed by atoms with Crippen molar-refractivity contribution >= 4 is 71.2 Å². The number of carbonyl (C=O) groups excluding carboxylic acids is 10. The fourth-order valence-corrected chi connectivity index (χ4v) is 8.20. The van der Waals surface area contributed by atoms with E-state index in [4.69, 9.17) is 32.4 Å². The van der Waals surface area contributed by atoms with Crippen molar-refractivity contribution in [1.29, 1.82) is 0 Å². The molecule has 0 bridgehead atoms. The molecule has 2 rings (SSSR count). The van der Waals surface area contributed by atoms with Gasteiger partial charge in [0.05, 0.1) is 38.5 Å². The third kappa shape index (κ3) is 25.0. The molecule has 0 saturated carbocycles. The minimum atomic E-state index is -2.54. The molecule has 0 aliphatic carbocycles. The van der Waals surface area contributed by atoms with Crippen LogP contribution in [0.5, 0.6) is 5.75 Å². The van der Waals surface area contributed by atoms with Gasteiger partial charge in [0.1, 0.15) is 54.6 Å². The minimum Gasteiger partial charge on any atom is -0.497 e. The van der Waals surface area contributed by atoms with E-state index in [-0.39, 0.29) is 56.3 Å². The highest BCUT2D eigenvalue weighted by Gasteiger charge is 2.40. The molecule has 10 amide bonds. The summed E-state index contributed by atoms with van der Waals surface area (Å²) < 4.78 is 10.4. The molecule has 32 nitrogen and oxygen atoms in total. The van der Waals surface area contributed by atoms with Gasteiger partial charge in [0.25, 0.3) is 0 Å². The van der Waals surface area contributed by atoms with E-state index >= 15 is 0 Å². The Bertz CT molecular complexity index is 2660. The number of nitrogens with two attached hydrogens (primary N) is 4. The second-order valence-corrected chi connectivity index (χ2v) is 21.2. The number of nitrogens with zero attached hydrogens (tertiary/aromatic N) is 1. The SMILES string of the molecule is CC[C@H](C)C(NC(=O)[C@@H](CCCN=C(N)N)NC(=O)[C@H](CC(C)C)NC(=O)[C@@H](N)[C@H](O)C(C)C)C(=O)N[C@H](C(=O)NCC(=O)N[C@H](C(=O)N[C@@H](CO)C(=O)N[C@@H](c1ccc(OC)cc1)[C@H](NC(=O)OCc1ccccc1)C(=O)O)[C@H](O)C(N)=O)[C@H](C)O. The molecule has 32 heteroatoms. The molecule has 0 aliphatic rings. The van der Waals surface area contributed by atoms with Gasteiger partial charge in [0.15, 0.2) is 18.1 Å². The lowest BCUT2D eigenvalue weighted by Crippen LogP contribution is -2.63. The van der Waals surface area contributed by atoms with E-state index in [0.717, 1.165) is 6.92 Å². The molecule has 484 valence electrons. The first-order chi connectivity index (χ1) is 40.9. The number of methoxy groups -OCH3 is 1. The average Bonchev–Trinajstić information content (AvgIpc) is 3.17. The lowest BCUT2D eigenvalue weighted by molar-refractivity contribution is -0.141. The molecule has 1 unspecified atom stereocenters. The van der Waals surface area contributed by atoms with Crippen LogP contribution in [0.3, 0.4) is 0 Å². The van der Waals surface area contributed by atoms with Crippen molar-refractivity contribution in [3.8, 4) is 5.75 Å². The number of nitrogens with one attached hydrogen (secondary N) is 9. The second kappa shape index (κ2) is 37.0. The van der Waals surface area contributed by atoms with Crippen LogP contribution in [-0.2, 0) is 59.3 Å². The number of aliphatic carboxylic acids is 1. The molecule has 0 aliphatic heterocycles. The van der Waals surface area contributed by atoms with Crippen LogP contribution < -0.4 is 75.5 Å². The predicted molar refractivity (Wildman–Crippen MR) is 311 cm³/mol. The zero-order valence-corrected chi connectivity index (χ0v) is 49.8. The largest absolute Gasteiger partial charge is 0.497 e. The Kier molecular flexibility index (Phi) is 31.6. The molecule has 0 heterocycles. The molecule has 13 atom stereocenters. The fraction of sp³-hybridized carbons (Fsp3) is 0.564. The van der Waals surface area contributed by atoms with E-state index in [0.29, 0.717) is 11.3 Å². The summed E-state index contributed by atoms with van der Waals surface area (Å²) in [4.78, 5) is 151. The van der Waals surface area contributed by atoms with Crippen LogP contribution in [-0.4, -0.2) is 190 Å². The second-order valence-electron chi connectivity index (χ2n) is 21.2. The monoisotopic (exact) mass is 1230 g/mol. The highest BCUT2D eigenvalue weighted by atomic mass is 16.5. The molecule has 22 N–H and O–H groups in total. The minimum absolute atomic E-state index is 0.0136. The number of guanidine groups is 1. The smallest absolute Gasteiger partial charge is 0.408 e. The summed E-state index contributed by atoms with van der Waals surface area (Å²) in [5, 5.41) is 73.2. The average molecular weight is 1230 g/mol. The number of carboxylic acids is 1. The Labute approximate surface area is 502 Å². The Morgan fingerprint density at radius 3 is 1.72 bits per heavy atom. The van der Waals surface area contributed by atoms with Crippen LogP contribution in [0, 0.1) is 17.8 Å². The van der Waals surface area contributed by atoms with Crippen molar-refractivity contribution in [3.05, 3.63) is 65.7 Å². The van der Waals surface area contributed by atoms with Gasteiger partial charge in [0, 0.05) is 6.54 Å². The molecule has 0 aromatic heterocycles. The number of alkyl carbamates (subject to hydrolysis) is 1. The standard InChI is InChI=1S/C55H86N14O18/c1-9-28(6)38(66-46(76)33(16-13-21-60-54(58)59)62-47(77)34(22-26(2)3)63-49(79)37(56)43(73)27(4)5)51(81)67-39(29(7)71)50(80)61-23-36(72)65-42(44(74)45(57)75)52(82)64-35(24-70)48(78)68-40(31-17-19-32(86-8)20-18-31)41(53(83)84)69-55(85)87-25-30-14-11-10-12-15-30/h10-12,14-15,17-20,26-29,33-35,37-44,70-71,73-74H,9,13,16,21-25,56H2,1-8H3,(H2,57,75)(H,61,80)(H,62,77)(H,63,79)(H,64,82)(H,65,72)(H,66,76)(H,67,81)(H,68,78)(H,69,85)(H,83,84)(H4,58,59,60)/t28-,29-,33+,34-,35-,37-,38?,39-,40-,41-,42-,43+,44-/m0/s1. The summed E-state index contributed by atoms with van der Waals surface area (Å²) in [6.07, 6.45) is -6.37. The summed E-state index contributed by atoms with van der Waals surface area (Å²) >= 11 is 0. The van der Waals surface area contributed by atoms with Crippen LogP contribution in [0.4, 0.5) is 4.79 Å². The van der Waals surface area contributed by atoms with Crippen LogP contribution in [0.25, 0.3) is 0 Å². The number of benzene rings is 2. The van der Waals surface area contributed by atoms with E-state index in [1.54, 1.807) is 71.9 Å². The number of ether oxygens (including phenoxy) is 2. The molecule has 87 heavy (non-hydrogen) atoms. The summed E-state index contributed by atoms with van der Waals surface area (Å²) in [7, 11) is 1.35.